The Morgan fingerprint density at radius 3 is 3.10 bits per heavy atom. The van der Waals surface area contributed by atoms with Gasteiger partial charge in [0.1, 0.15) is 5.82 Å². The highest BCUT2D eigenvalue weighted by Crippen LogP contribution is 2.40. The van der Waals surface area contributed by atoms with Gasteiger partial charge in [-0.3, -0.25) is 5.84 Å². The van der Waals surface area contributed by atoms with Crippen LogP contribution in [0.25, 0.3) is 0 Å². The highest BCUT2D eigenvalue weighted by Gasteiger charge is 2.32. The molecule has 0 saturated heterocycles. The third kappa shape index (κ3) is 2.25. The molecule has 1 heterocycles. The van der Waals surface area contributed by atoms with E-state index in [0.717, 1.165) is 31.6 Å². The zero-order valence-electron chi connectivity index (χ0n) is 11.9. The van der Waals surface area contributed by atoms with Crippen molar-refractivity contribution in [1.82, 2.24) is 15.0 Å². The lowest BCUT2D eigenvalue weighted by Crippen LogP contribution is -2.34. The molecule has 2 unspecified atom stereocenters. The maximum Gasteiger partial charge on any atom is 0.127 e. The Hall–Kier alpha value is -1.65. The summed E-state index contributed by atoms with van der Waals surface area (Å²) in [5.74, 6) is 7.33. The SMILES string of the molecule is CCCn1ccnc1C(NN)C1CCc2ccccc21. The van der Waals surface area contributed by atoms with E-state index >= 15 is 0 Å². The van der Waals surface area contributed by atoms with Gasteiger partial charge < -0.3 is 4.57 Å². The summed E-state index contributed by atoms with van der Waals surface area (Å²) in [7, 11) is 0. The second-order valence-electron chi connectivity index (χ2n) is 5.47. The fourth-order valence-electron chi connectivity index (χ4n) is 3.34. The standard InChI is InChI=1S/C16H22N4/c1-2-10-20-11-9-18-16(20)15(19-17)14-8-7-12-5-3-4-6-13(12)14/h3-6,9,11,14-15,19H,2,7-8,10,17H2,1H3. The molecule has 0 bridgehead atoms. The van der Waals surface area contributed by atoms with Crippen LogP contribution in [0, 0.1) is 0 Å². The lowest BCUT2D eigenvalue weighted by molar-refractivity contribution is 0.414. The zero-order chi connectivity index (χ0) is 13.9. The Balaban J connectivity index is 1.93. The first-order valence-corrected chi connectivity index (χ1v) is 7.40. The maximum atomic E-state index is 5.86. The Bertz CT molecular complexity index is 575. The molecule has 3 rings (SSSR count). The summed E-state index contributed by atoms with van der Waals surface area (Å²) < 4.78 is 2.21. The first-order valence-electron chi connectivity index (χ1n) is 7.40. The number of imidazole rings is 1. The number of fused-ring (bicyclic) bond motifs is 1. The monoisotopic (exact) mass is 270 g/mol. The number of nitrogens with two attached hydrogens (primary N) is 1. The molecule has 4 nitrogen and oxygen atoms in total. The van der Waals surface area contributed by atoms with Gasteiger partial charge in [0.2, 0.25) is 0 Å². The van der Waals surface area contributed by atoms with Gasteiger partial charge in [0.25, 0.3) is 0 Å². The minimum absolute atomic E-state index is 0.0835. The van der Waals surface area contributed by atoms with Crippen molar-refractivity contribution in [2.45, 2.75) is 44.7 Å². The molecule has 0 saturated carbocycles. The molecule has 0 aliphatic heterocycles. The molecule has 2 aromatic rings. The normalized spacial score (nSPS) is 19.0. The predicted octanol–water partition coefficient (Wildman–Crippen LogP) is 2.53. The minimum atomic E-state index is 0.0835. The number of hydrogen-bond donors (Lipinski definition) is 2. The van der Waals surface area contributed by atoms with E-state index in [1.807, 2.05) is 12.4 Å². The van der Waals surface area contributed by atoms with Gasteiger partial charge >= 0.3 is 0 Å². The number of nitrogens with zero attached hydrogens (tertiary/aromatic N) is 2. The second-order valence-corrected chi connectivity index (χ2v) is 5.47. The number of benzene rings is 1. The highest BCUT2D eigenvalue weighted by molar-refractivity contribution is 5.36. The first-order chi connectivity index (χ1) is 9.85. The van der Waals surface area contributed by atoms with E-state index in [4.69, 9.17) is 5.84 Å². The number of rotatable bonds is 5. The third-order valence-corrected chi connectivity index (χ3v) is 4.25. The Morgan fingerprint density at radius 2 is 2.30 bits per heavy atom. The van der Waals surface area contributed by atoms with Crippen LogP contribution in [-0.2, 0) is 13.0 Å². The van der Waals surface area contributed by atoms with Crippen LogP contribution < -0.4 is 11.3 Å². The topological polar surface area (TPSA) is 55.9 Å². The fourth-order valence-corrected chi connectivity index (χ4v) is 3.34. The average molecular weight is 270 g/mol. The molecule has 106 valence electrons. The predicted molar refractivity (Wildman–Crippen MR) is 80.1 cm³/mol. The van der Waals surface area contributed by atoms with Crippen molar-refractivity contribution >= 4 is 0 Å². The fraction of sp³-hybridized carbons (Fsp3) is 0.438. The Morgan fingerprint density at radius 1 is 1.45 bits per heavy atom. The summed E-state index contributed by atoms with van der Waals surface area (Å²) in [6, 6.07) is 8.76. The van der Waals surface area contributed by atoms with Gasteiger partial charge in [-0.25, -0.2) is 10.4 Å². The van der Waals surface area contributed by atoms with Crippen LogP contribution in [-0.4, -0.2) is 9.55 Å². The van der Waals surface area contributed by atoms with Crippen LogP contribution >= 0.6 is 0 Å². The molecule has 1 aromatic carbocycles. The molecule has 0 spiro atoms. The molecular formula is C16H22N4. The van der Waals surface area contributed by atoms with Crippen molar-refractivity contribution in [3.05, 3.63) is 53.6 Å². The van der Waals surface area contributed by atoms with Crippen LogP contribution in [0.4, 0.5) is 0 Å². The van der Waals surface area contributed by atoms with E-state index in [1.54, 1.807) is 0 Å². The summed E-state index contributed by atoms with van der Waals surface area (Å²) in [6.07, 6.45) is 7.28. The van der Waals surface area contributed by atoms with Gasteiger partial charge in [-0.15, -0.1) is 0 Å². The lowest BCUT2D eigenvalue weighted by atomic mass is 9.93. The van der Waals surface area contributed by atoms with Gasteiger partial charge in [-0.2, -0.15) is 0 Å². The minimum Gasteiger partial charge on any atom is -0.334 e. The van der Waals surface area contributed by atoms with E-state index in [0.29, 0.717) is 5.92 Å². The quantitative estimate of drug-likeness (QED) is 0.648. The molecule has 4 heteroatoms. The van der Waals surface area contributed by atoms with Crippen molar-refractivity contribution in [2.75, 3.05) is 0 Å². The Labute approximate surface area is 120 Å². The largest absolute Gasteiger partial charge is 0.334 e. The number of hydrogen-bond acceptors (Lipinski definition) is 3. The summed E-state index contributed by atoms with van der Waals surface area (Å²) in [5, 5.41) is 0. The second kappa shape index (κ2) is 5.77. The zero-order valence-corrected chi connectivity index (χ0v) is 11.9. The molecule has 20 heavy (non-hydrogen) atoms. The number of nitrogens with one attached hydrogen (secondary N) is 1. The van der Waals surface area contributed by atoms with Gasteiger partial charge in [0, 0.05) is 24.9 Å². The van der Waals surface area contributed by atoms with Gasteiger partial charge in [-0.05, 0) is 30.4 Å². The summed E-state index contributed by atoms with van der Waals surface area (Å²) >= 11 is 0. The van der Waals surface area contributed by atoms with Crippen LogP contribution in [0.2, 0.25) is 0 Å². The molecule has 1 aliphatic carbocycles. The molecule has 2 atom stereocenters. The third-order valence-electron chi connectivity index (χ3n) is 4.25. The summed E-state index contributed by atoms with van der Waals surface area (Å²) in [5.41, 5.74) is 5.87. The van der Waals surface area contributed by atoms with Crippen LogP contribution in [0.1, 0.15) is 48.7 Å². The lowest BCUT2D eigenvalue weighted by Gasteiger charge is -2.24. The van der Waals surface area contributed by atoms with E-state index < -0.39 is 0 Å². The van der Waals surface area contributed by atoms with Crippen molar-refractivity contribution in [1.29, 1.82) is 0 Å². The van der Waals surface area contributed by atoms with Gasteiger partial charge in [-0.1, -0.05) is 31.2 Å². The number of aromatic nitrogens is 2. The Kier molecular flexibility index (Phi) is 3.85. The van der Waals surface area contributed by atoms with Crippen molar-refractivity contribution in [2.24, 2.45) is 5.84 Å². The summed E-state index contributed by atoms with van der Waals surface area (Å²) in [6.45, 7) is 3.17. The van der Waals surface area contributed by atoms with Gasteiger partial charge in [0.05, 0.1) is 6.04 Å². The molecular weight excluding hydrogens is 248 g/mol. The van der Waals surface area contributed by atoms with Crippen molar-refractivity contribution in [3.8, 4) is 0 Å². The summed E-state index contributed by atoms with van der Waals surface area (Å²) in [4.78, 5) is 4.54. The molecule has 1 aromatic heterocycles. The van der Waals surface area contributed by atoms with E-state index in [-0.39, 0.29) is 6.04 Å². The van der Waals surface area contributed by atoms with Crippen molar-refractivity contribution < 1.29 is 0 Å². The molecule has 0 fully saturated rings. The van der Waals surface area contributed by atoms with E-state index in [1.165, 1.54) is 11.1 Å². The molecule has 0 amide bonds. The van der Waals surface area contributed by atoms with Crippen LogP contribution in [0.3, 0.4) is 0 Å². The molecule has 3 N–H and O–H groups in total. The van der Waals surface area contributed by atoms with Crippen LogP contribution in [0.15, 0.2) is 36.7 Å². The van der Waals surface area contributed by atoms with Gasteiger partial charge in [0.15, 0.2) is 0 Å². The average Bonchev–Trinajstić information content (AvgIpc) is 3.09. The van der Waals surface area contributed by atoms with E-state index in [9.17, 15) is 0 Å². The maximum absolute atomic E-state index is 5.86. The first kappa shape index (κ1) is 13.3. The highest BCUT2D eigenvalue weighted by atomic mass is 15.3. The van der Waals surface area contributed by atoms with E-state index in [2.05, 4.69) is 46.2 Å². The molecule has 1 aliphatic rings. The van der Waals surface area contributed by atoms with Crippen molar-refractivity contribution in [3.63, 3.8) is 0 Å². The molecule has 0 radical (unpaired) electrons. The number of aryl methyl sites for hydroxylation is 2. The smallest absolute Gasteiger partial charge is 0.127 e. The van der Waals surface area contributed by atoms with Crippen LogP contribution in [0.5, 0.6) is 0 Å². The number of hydrazine groups is 1.